The molecular weight excluding hydrogens is 959 g/mol. The largest absolute Gasteiger partial charge is 0.356 e. The molecule has 0 aliphatic heterocycles. The van der Waals surface area contributed by atoms with Gasteiger partial charge in [-0.1, -0.05) is 0 Å². The Hall–Kier alpha value is -8.85. The predicted molar refractivity (Wildman–Crippen MR) is 273 cm³/mol. The highest BCUT2D eigenvalue weighted by Crippen LogP contribution is 2.20. The summed E-state index contributed by atoms with van der Waals surface area (Å²) in [6, 6.07) is 4.53. The third-order valence-electron chi connectivity index (χ3n) is 11.6. The zero-order chi connectivity index (χ0) is 53.6. The van der Waals surface area contributed by atoms with E-state index in [0.29, 0.717) is 30.2 Å². The van der Waals surface area contributed by atoms with E-state index in [2.05, 4.69) is 64.5 Å². The van der Waals surface area contributed by atoms with Gasteiger partial charge in [0.25, 0.3) is 35.4 Å². The molecule has 27 nitrogen and oxygen atoms in total. The number of carbonyl (C=O) groups excluding carboxylic acids is 8. The zero-order valence-corrected chi connectivity index (χ0v) is 42.4. The first-order valence-corrected chi connectivity index (χ1v) is 23.7. The number of carbonyl (C=O) groups is 8. The van der Waals surface area contributed by atoms with E-state index in [0.717, 1.165) is 25.9 Å². The molecule has 0 aromatic carbocycles. The third-order valence-corrected chi connectivity index (χ3v) is 11.6. The lowest BCUT2D eigenvalue weighted by atomic mass is 10.3. The van der Waals surface area contributed by atoms with Gasteiger partial charge in [-0.3, -0.25) is 38.4 Å². The summed E-state index contributed by atoms with van der Waals surface area (Å²) in [5.41, 5.74) is 7.34. The van der Waals surface area contributed by atoms with Gasteiger partial charge in [0, 0.05) is 131 Å². The maximum absolute atomic E-state index is 13.4. The molecule has 6 rings (SSSR count). The van der Waals surface area contributed by atoms with Crippen LogP contribution in [-0.4, -0.2) is 136 Å². The maximum atomic E-state index is 13.4. The summed E-state index contributed by atoms with van der Waals surface area (Å²) < 4.78 is 9.03. The average Bonchev–Trinajstić information content (AvgIpc) is 4.22. The van der Waals surface area contributed by atoms with Gasteiger partial charge in [0.05, 0.1) is 37.2 Å². The Morgan fingerprint density at radius 3 is 1.51 bits per heavy atom. The molecule has 394 valence electrons. The minimum atomic E-state index is -0.633. The number of rotatable bonds is 25. The highest BCUT2D eigenvalue weighted by Gasteiger charge is 2.22. The highest BCUT2D eigenvalue weighted by atomic mass is 16.2. The fourth-order valence-electron chi connectivity index (χ4n) is 7.74. The SMILES string of the molecule is Cn1cc(NC(=O)c2cc(NC(=O)c3cc(NC(=O)CCCNC(=O)c4nc(NC(=O)c5nc(NC(=O)c6nccn6C)cn5C)cn4C)cn3C)cn2C)cc1C(=O)NCCC(=O)NCCC[NH+](C)CCCN. The van der Waals surface area contributed by atoms with E-state index in [1.807, 2.05) is 0 Å². The van der Waals surface area contributed by atoms with E-state index in [1.54, 1.807) is 76.2 Å². The lowest BCUT2D eigenvalue weighted by Gasteiger charge is -2.13. The van der Waals surface area contributed by atoms with Crippen LogP contribution in [0.1, 0.15) is 95.4 Å². The van der Waals surface area contributed by atoms with Crippen LogP contribution in [-0.2, 0) is 51.9 Å². The van der Waals surface area contributed by atoms with E-state index in [9.17, 15) is 38.4 Å². The molecule has 74 heavy (non-hydrogen) atoms. The fraction of sp³-hybridized carbons (Fsp3) is 0.383. The minimum absolute atomic E-state index is 0.00306. The summed E-state index contributed by atoms with van der Waals surface area (Å²) in [5, 5.41) is 21.9. The zero-order valence-electron chi connectivity index (χ0n) is 42.4. The van der Waals surface area contributed by atoms with E-state index in [-0.39, 0.29) is 90.4 Å². The van der Waals surface area contributed by atoms with E-state index < -0.39 is 35.4 Å². The van der Waals surface area contributed by atoms with Crippen LogP contribution in [0.15, 0.2) is 61.6 Å². The number of imidazole rings is 3. The average molecular weight is 1020 g/mol. The molecule has 0 aliphatic rings. The van der Waals surface area contributed by atoms with E-state index in [1.165, 1.54) is 60.0 Å². The second-order valence-corrected chi connectivity index (χ2v) is 17.7. The van der Waals surface area contributed by atoms with Crippen molar-refractivity contribution in [3.05, 3.63) is 96.1 Å². The van der Waals surface area contributed by atoms with Crippen molar-refractivity contribution in [2.24, 2.45) is 48.0 Å². The van der Waals surface area contributed by atoms with Gasteiger partial charge >= 0.3 is 0 Å². The van der Waals surface area contributed by atoms with Crippen LogP contribution >= 0.6 is 0 Å². The summed E-state index contributed by atoms with van der Waals surface area (Å²) in [4.78, 5) is 117. The van der Waals surface area contributed by atoms with Gasteiger partial charge in [-0.2, -0.15) is 0 Å². The van der Waals surface area contributed by atoms with Gasteiger partial charge in [0.2, 0.25) is 23.5 Å². The molecule has 0 fully saturated rings. The molecule has 1 unspecified atom stereocenters. The fourth-order valence-corrected chi connectivity index (χ4v) is 7.74. The van der Waals surface area contributed by atoms with Crippen molar-refractivity contribution in [2.45, 2.75) is 32.1 Å². The molecule has 6 heterocycles. The number of nitrogens with zero attached hydrogens (tertiary/aromatic N) is 9. The molecule has 6 aromatic rings. The summed E-state index contributed by atoms with van der Waals surface area (Å²) in [6.07, 6.45) is 13.0. The quantitative estimate of drug-likeness (QED) is 0.0326. The van der Waals surface area contributed by atoms with Crippen molar-refractivity contribution in [1.82, 2.24) is 58.3 Å². The number of aryl methyl sites for hydroxylation is 6. The summed E-state index contributed by atoms with van der Waals surface area (Å²) in [6.45, 7) is 3.38. The second-order valence-electron chi connectivity index (χ2n) is 17.7. The van der Waals surface area contributed by atoms with Crippen LogP contribution in [0.2, 0.25) is 0 Å². The van der Waals surface area contributed by atoms with Crippen LogP contribution in [0.4, 0.5) is 28.7 Å². The highest BCUT2D eigenvalue weighted by molar-refractivity contribution is 6.08. The van der Waals surface area contributed by atoms with Crippen LogP contribution in [0.3, 0.4) is 0 Å². The number of anilines is 5. The van der Waals surface area contributed by atoms with Crippen molar-refractivity contribution in [3.8, 4) is 0 Å². The van der Waals surface area contributed by atoms with E-state index >= 15 is 0 Å². The van der Waals surface area contributed by atoms with Gasteiger partial charge in [0.1, 0.15) is 17.1 Å². The van der Waals surface area contributed by atoms with Crippen LogP contribution in [0.5, 0.6) is 0 Å². The predicted octanol–water partition coefficient (Wildman–Crippen LogP) is -0.450. The van der Waals surface area contributed by atoms with Crippen molar-refractivity contribution in [1.29, 1.82) is 0 Å². The van der Waals surface area contributed by atoms with Crippen LogP contribution in [0.25, 0.3) is 0 Å². The van der Waals surface area contributed by atoms with Crippen molar-refractivity contribution in [3.63, 3.8) is 0 Å². The van der Waals surface area contributed by atoms with Gasteiger partial charge < -0.3 is 80.6 Å². The van der Waals surface area contributed by atoms with Crippen LogP contribution < -0.4 is 53.2 Å². The first-order chi connectivity index (χ1) is 35.3. The Morgan fingerprint density at radius 1 is 0.486 bits per heavy atom. The molecule has 1 atom stereocenters. The Balaban J connectivity index is 0.902. The molecule has 0 aliphatic carbocycles. The number of hydrogen-bond acceptors (Lipinski definition) is 12. The normalized spacial score (nSPS) is 11.4. The Morgan fingerprint density at radius 2 is 0.973 bits per heavy atom. The van der Waals surface area contributed by atoms with Gasteiger partial charge in [-0.15, -0.1) is 0 Å². The first kappa shape index (κ1) is 54.5. The summed E-state index contributed by atoms with van der Waals surface area (Å²) in [5.74, 6) is -3.24. The van der Waals surface area contributed by atoms with Crippen LogP contribution in [0, 0.1) is 0 Å². The Kier molecular flexibility index (Phi) is 18.4. The lowest BCUT2D eigenvalue weighted by Crippen LogP contribution is -3.09. The van der Waals surface area contributed by atoms with Gasteiger partial charge in [0.15, 0.2) is 17.5 Å². The standard InChI is InChI=1S/C47H63N19O8/c1-60(18-9-13-48)19-10-15-49-37(67)12-16-52-42(69)32-22-30(25-62(32)3)54-44(71)34-23-31(26-64(34)5)55-43(70)33-21-29(24-63(33)4)53-38(68)11-8-14-51-45(72)40-56-35(27-65(40)6)59-47(74)41-57-36(28-66(41)7)58-46(73)39-50-17-20-61(39)2/h17,20-28H,8-16,18-19,48H2,1-7H3,(H,49,67)(H,51,72)(H,52,69)(H,53,68)(H,54,71)(H,55,70)(H,58,73)(H,59,74)/p+1. The number of hydrogen-bond donors (Lipinski definition) is 10. The molecule has 0 radical (unpaired) electrons. The molecule has 0 saturated heterocycles. The molecule has 0 spiro atoms. The molecular formula is C47H64N19O8+. The maximum Gasteiger partial charge on any atom is 0.292 e. The monoisotopic (exact) mass is 1020 g/mol. The molecule has 0 saturated carbocycles. The molecule has 8 amide bonds. The molecule has 11 N–H and O–H groups in total. The number of nitrogens with one attached hydrogen (secondary N) is 9. The summed E-state index contributed by atoms with van der Waals surface area (Å²) >= 11 is 0. The van der Waals surface area contributed by atoms with E-state index in [4.69, 9.17) is 5.73 Å². The van der Waals surface area contributed by atoms with Crippen molar-refractivity contribution < 1.29 is 43.3 Å². The second kappa shape index (κ2) is 25.0. The third kappa shape index (κ3) is 14.6. The minimum Gasteiger partial charge on any atom is -0.356 e. The number of amides is 8. The Labute approximate surface area is 425 Å². The van der Waals surface area contributed by atoms with Gasteiger partial charge in [-0.05, 0) is 31.2 Å². The lowest BCUT2D eigenvalue weighted by molar-refractivity contribution is -0.879. The van der Waals surface area contributed by atoms with Gasteiger partial charge in [-0.25, -0.2) is 15.0 Å². The summed E-state index contributed by atoms with van der Waals surface area (Å²) in [7, 11) is 11.9. The molecule has 27 heteroatoms. The smallest absolute Gasteiger partial charge is 0.292 e. The molecule has 6 aromatic heterocycles. The Bertz CT molecular complexity index is 3020. The van der Waals surface area contributed by atoms with Crippen molar-refractivity contribution >= 4 is 76.0 Å². The number of quaternary nitrogens is 1. The number of nitrogens with two attached hydrogens (primary N) is 1. The topological polar surface area (TPSA) is 332 Å². The van der Waals surface area contributed by atoms with Crippen molar-refractivity contribution in [2.75, 3.05) is 72.9 Å². The molecule has 0 bridgehead atoms. The first-order valence-electron chi connectivity index (χ1n) is 23.7. The number of aromatic nitrogens is 9.